The molecule has 0 amide bonds. The van der Waals surface area contributed by atoms with Gasteiger partial charge in [-0.25, -0.2) is 0 Å². The summed E-state index contributed by atoms with van der Waals surface area (Å²) >= 11 is 0. The molecule has 1 fully saturated rings. The fourth-order valence-corrected chi connectivity index (χ4v) is 2.94. The van der Waals surface area contributed by atoms with Crippen LogP contribution in [0.1, 0.15) is 38.3 Å². The first-order chi connectivity index (χ1) is 9.08. The summed E-state index contributed by atoms with van der Waals surface area (Å²) in [6.07, 6.45) is 1.37. The predicted molar refractivity (Wildman–Crippen MR) is 76.0 cm³/mol. The number of rotatable bonds is 5. The zero-order valence-electron chi connectivity index (χ0n) is 11.7. The van der Waals surface area contributed by atoms with E-state index >= 15 is 0 Å². The van der Waals surface area contributed by atoms with Crippen LogP contribution < -0.4 is 0 Å². The van der Waals surface area contributed by atoms with E-state index in [-0.39, 0.29) is 12.5 Å². The van der Waals surface area contributed by atoms with Crippen molar-refractivity contribution >= 4 is 5.97 Å². The van der Waals surface area contributed by atoms with Crippen molar-refractivity contribution in [2.75, 3.05) is 13.1 Å². The van der Waals surface area contributed by atoms with Gasteiger partial charge in [0.05, 0.1) is 6.42 Å². The molecule has 1 heterocycles. The minimum Gasteiger partial charge on any atom is -0.481 e. The van der Waals surface area contributed by atoms with E-state index in [0.29, 0.717) is 11.8 Å². The molecule has 0 aliphatic carbocycles. The number of hydrogen-bond acceptors (Lipinski definition) is 2. The molecule has 0 bridgehead atoms. The lowest BCUT2D eigenvalue weighted by Gasteiger charge is -2.27. The van der Waals surface area contributed by atoms with Crippen molar-refractivity contribution in [3.63, 3.8) is 0 Å². The predicted octanol–water partition coefficient (Wildman–Crippen LogP) is 3.18. The van der Waals surface area contributed by atoms with Crippen LogP contribution in [0.4, 0.5) is 0 Å². The average Bonchev–Trinajstić information content (AvgIpc) is 2.86. The zero-order valence-corrected chi connectivity index (χ0v) is 11.7. The van der Waals surface area contributed by atoms with Crippen LogP contribution in [-0.2, 0) is 4.79 Å². The number of carbonyl (C=O) groups is 1. The third kappa shape index (κ3) is 3.57. The highest BCUT2D eigenvalue weighted by molar-refractivity contribution is 5.68. The van der Waals surface area contributed by atoms with Crippen LogP contribution >= 0.6 is 0 Å². The second-order valence-corrected chi connectivity index (χ2v) is 5.81. The van der Waals surface area contributed by atoms with Crippen molar-refractivity contribution in [3.05, 3.63) is 35.9 Å². The van der Waals surface area contributed by atoms with Crippen LogP contribution in [0.2, 0.25) is 0 Å². The highest BCUT2D eigenvalue weighted by Crippen LogP contribution is 2.32. The lowest BCUT2D eigenvalue weighted by molar-refractivity contribution is -0.138. The van der Waals surface area contributed by atoms with E-state index in [2.05, 4.69) is 18.7 Å². The van der Waals surface area contributed by atoms with Gasteiger partial charge < -0.3 is 5.11 Å². The van der Waals surface area contributed by atoms with E-state index in [1.807, 2.05) is 30.3 Å². The maximum atomic E-state index is 11.1. The zero-order chi connectivity index (χ0) is 13.8. The van der Waals surface area contributed by atoms with Crippen LogP contribution in [-0.4, -0.2) is 29.1 Å². The third-order valence-corrected chi connectivity index (χ3v) is 4.19. The van der Waals surface area contributed by atoms with E-state index < -0.39 is 5.97 Å². The molecular weight excluding hydrogens is 238 g/mol. The largest absolute Gasteiger partial charge is 0.481 e. The number of aliphatic carboxylic acids is 1. The first-order valence-corrected chi connectivity index (χ1v) is 7.08. The SMILES string of the molecule is CC(C)C1CCN(C(CC(=O)O)c2ccccc2)C1. The minimum atomic E-state index is -0.721. The summed E-state index contributed by atoms with van der Waals surface area (Å²) in [6.45, 7) is 6.53. The highest BCUT2D eigenvalue weighted by Gasteiger charge is 2.31. The normalized spacial score (nSPS) is 21.7. The minimum absolute atomic E-state index is 0.0162. The fraction of sp³-hybridized carbons (Fsp3) is 0.562. The molecule has 2 unspecified atom stereocenters. The molecule has 1 N–H and O–H groups in total. The Labute approximate surface area is 115 Å². The summed E-state index contributed by atoms with van der Waals surface area (Å²) < 4.78 is 0. The molecule has 104 valence electrons. The van der Waals surface area contributed by atoms with Crippen LogP contribution in [0, 0.1) is 11.8 Å². The Balaban J connectivity index is 2.13. The summed E-state index contributed by atoms with van der Waals surface area (Å²) in [5.74, 6) is 0.646. The summed E-state index contributed by atoms with van der Waals surface area (Å²) in [6, 6.07) is 10.0. The van der Waals surface area contributed by atoms with Crippen molar-refractivity contribution in [2.45, 2.75) is 32.7 Å². The molecule has 0 saturated carbocycles. The Kier molecular flexibility index (Phi) is 4.59. The van der Waals surface area contributed by atoms with Gasteiger partial charge in [0, 0.05) is 12.6 Å². The first-order valence-electron chi connectivity index (χ1n) is 7.08. The van der Waals surface area contributed by atoms with Crippen molar-refractivity contribution in [3.8, 4) is 0 Å². The summed E-state index contributed by atoms with van der Waals surface area (Å²) in [5, 5.41) is 9.15. The number of nitrogens with zero attached hydrogens (tertiary/aromatic N) is 1. The molecule has 3 nitrogen and oxygen atoms in total. The average molecular weight is 261 g/mol. The maximum absolute atomic E-state index is 11.1. The van der Waals surface area contributed by atoms with Gasteiger partial charge in [0.25, 0.3) is 0 Å². The molecule has 0 radical (unpaired) electrons. The topological polar surface area (TPSA) is 40.5 Å². The van der Waals surface area contributed by atoms with Crippen LogP contribution in [0.5, 0.6) is 0 Å². The standard InChI is InChI=1S/C16H23NO2/c1-12(2)14-8-9-17(11-14)15(10-16(18)19)13-6-4-3-5-7-13/h3-7,12,14-15H,8-11H2,1-2H3,(H,18,19). The van der Waals surface area contributed by atoms with Crippen LogP contribution in [0.3, 0.4) is 0 Å². The molecular formula is C16H23NO2. The van der Waals surface area contributed by atoms with Gasteiger partial charge in [-0.3, -0.25) is 9.69 Å². The monoisotopic (exact) mass is 261 g/mol. The molecule has 2 atom stereocenters. The molecule has 1 aromatic rings. The molecule has 1 aliphatic heterocycles. The second kappa shape index (κ2) is 6.20. The van der Waals surface area contributed by atoms with Gasteiger partial charge in [-0.05, 0) is 30.4 Å². The van der Waals surface area contributed by atoms with Crippen molar-refractivity contribution in [2.24, 2.45) is 11.8 Å². The quantitative estimate of drug-likeness (QED) is 0.885. The summed E-state index contributed by atoms with van der Waals surface area (Å²) in [5.41, 5.74) is 1.12. The fourth-order valence-electron chi connectivity index (χ4n) is 2.94. The van der Waals surface area contributed by atoms with Crippen LogP contribution in [0.15, 0.2) is 30.3 Å². The van der Waals surface area contributed by atoms with Gasteiger partial charge in [-0.15, -0.1) is 0 Å². The molecule has 0 aromatic heterocycles. The lowest BCUT2D eigenvalue weighted by Crippen LogP contribution is -2.29. The molecule has 3 heteroatoms. The number of carboxylic acids is 1. The van der Waals surface area contributed by atoms with E-state index in [1.54, 1.807) is 0 Å². The molecule has 1 aliphatic rings. The Morgan fingerprint density at radius 3 is 2.58 bits per heavy atom. The van der Waals surface area contributed by atoms with Gasteiger partial charge in [0.2, 0.25) is 0 Å². The van der Waals surface area contributed by atoms with Gasteiger partial charge in [-0.1, -0.05) is 44.2 Å². The van der Waals surface area contributed by atoms with E-state index in [4.69, 9.17) is 5.11 Å². The first kappa shape index (κ1) is 14.1. The number of carboxylic acid groups (broad SMARTS) is 1. The van der Waals surface area contributed by atoms with E-state index in [1.165, 1.54) is 6.42 Å². The van der Waals surface area contributed by atoms with E-state index in [0.717, 1.165) is 18.7 Å². The smallest absolute Gasteiger partial charge is 0.305 e. The van der Waals surface area contributed by atoms with Gasteiger partial charge in [0.15, 0.2) is 0 Å². The third-order valence-electron chi connectivity index (χ3n) is 4.19. The molecule has 2 rings (SSSR count). The van der Waals surface area contributed by atoms with Gasteiger partial charge >= 0.3 is 5.97 Å². The molecule has 1 aromatic carbocycles. The summed E-state index contributed by atoms with van der Waals surface area (Å²) in [7, 11) is 0. The van der Waals surface area contributed by atoms with E-state index in [9.17, 15) is 4.79 Å². The number of hydrogen-bond donors (Lipinski definition) is 1. The maximum Gasteiger partial charge on any atom is 0.305 e. The Morgan fingerprint density at radius 1 is 1.37 bits per heavy atom. The lowest BCUT2D eigenvalue weighted by atomic mass is 9.95. The molecule has 1 saturated heterocycles. The Hall–Kier alpha value is -1.35. The van der Waals surface area contributed by atoms with Crippen LogP contribution in [0.25, 0.3) is 0 Å². The second-order valence-electron chi connectivity index (χ2n) is 5.81. The van der Waals surface area contributed by atoms with Crippen molar-refractivity contribution in [1.29, 1.82) is 0 Å². The Morgan fingerprint density at radius 2 is 2.05 bits per heavy atom. The van der Waals surface area contributed by atoms with Crippen molar-refractivity contribution in [1.82, 2.24) is 4.90 Å². The van der Waals surface area contributed by atoms with Gasteiger partial charge in [-0.2, -0.15) is 0 Å². The molecule has 0 spiro atoms. The highest BCUT2D eigenvalue weighted by atomic mass is 16.4. The van der Waals surface area contributed by atoms with Gasteiger partial charge in [0.1, 0.15) is 0 Å². The number of benzene rings is 1. The van der Waals surface area contributed by atoms with Crippen molar-refractivity contribution < 1.29 is 9.90 Å². The Bertz CT molecular complexity index is 416. The summed E-state index contributed by atoms with van der Waals surface area (Å²) in [4.78, 5) is 13.5. The molecule has 19 heavy (non-hydrogen) atoms. The number of likely N-dealkylation sites (tertiary alicyclic amines) is 1.